The minimum Gasteiger partial charge on any atom is -0.464 e. The molecule has 1 saturated heterocycles. The first-order valence-electron chi connectivity index (χ1n) is 7.01. The minimum atomic E-state index is -0.495. The molecular weight excluding hydrogens is 288 g/mol. The van der Waals surface area contributed by atoms with Gasteiger partial charge in [-0.1, -0.05) is 12.1 Å². The molecule has 1 amide bonds. The fourth-order valence-electron chi connectivity index (χ4n) is 2.23. The van der Waals surface area contributed by atoms with Crippen LogP contribution in [0.4, 0.5) is 0 Å². The first-order valence-corrected chi connectivity index (χ1v) is 8.17. The molecule has 1 unspecified atom stereocenters. The molecule has 0 bridgehead atoms. The molecule has 114 valence electrons. The summed E-state index contributed by atoms with van der Waals surface area (Å²) in [7, 11) is 0. The highest BCUT2D eigenvalue weighted by atomic mass is 32.2. The molecule has 1 aliphatic rings. The van der Waals surface area contributed by atoms with Crippen molar-refractivity contribution in [2.45, 2.75) is 19.5 Å². The average Bonchev–Trinajstić information content (AvgIpc) is 2.54. The van der Waals surface area contributed by atoms with Crippen LogP contribution in [0.15, 0.2) is 24.3 Å². The number of ether oxygens (including phenoxy) is 1. The molecule has 0 aromatic heterocycles. The van der Waals surface area contributed by atoms with Crippen LogP contribution in [0, 0.1) is 0 Å². The molecule has 1 aromatic rings. The number of esters is 1. The molecular formula is C15H20N2O3S. The topological polar surface area (TPSA) is 72.6 Å². The van der Waals surface area contributed by atoms with E-state index < -0.39 is 6.04 Å². The Morgan fingerprint density at radius 3 is 2.71 bits per heavy atom. The van der Waals surface area contributed by atoms with Gasteiger partial charge in [0.2, 0.25) is 0 Å². The molecule has 21 heavy (non-hydrogen) atoms. The van der Waals surface area contributed by atoms with Crippen LogP contribution in [0.3, 0.4) is 0 Å². The van der Waals surface area contributed by atoms with Crippen LogP contribution in [-0.4, -0.2) is 47.5 Å². The van der Waals surface area contributed by atoms with Gasteiger partial charge in [-0.05, 0) is 24.6 Å². The van der Waals surface area contributed by atoms with Crippen molar-refractivity contribution < 1.29 is 14.3 Å². The van der Waals surface area contributed by atoms with Gasteiger partial charge in [-0.3, -0.25) is 4.79 Å². The van der Waals surface area contributed by atoms with E-state index in [1.165, 1.54) is 0 Å². The zero-order valence-corrected chi connectivity index (χ0v) is 12.9. The molecule has 0 spiro atoms. The van der Waals surface area contributed by atoms with Crippen molar-refractivity contribution in [3.63, 3.8) is 0 Å². The normalized spacial score (nSPS) is 18.4. The van der Waals surface area contributed by atoms with Crippen molar-refractivity contribution in [2.75, 3.05) is 24.7 Å². The van der Waals surface area contributed by atoms with Crippen LogP contribution in [0.25, 0.3) is 0 Å². The first kappa shape index (κ1) is 15.9. The van der Waals surface area contributed by atoms with Crippen molar-refractivity contribution >= 4 is 23.6 Å². The summed E-state index contributed by atoms with van der Waals surface area (Å²) >= 11 is 1.67. The number of nitrogens with zero attached hydrogens (tertiary/aromatic N) is 1. The van der Waals surface area contributed by atoms with E-state index in [1.807, 2.05) is 12.1 Å². The lowest BCUT2D eigenvalue weighted by atomic mass is 10.1. The van der Waals surface area contributed by atoms with Gasteiger partial charge in [-0.25, -0.2) is 4.79 Å². The molecule has 0 saturated carbocycles. The number of benzene rings is 1. The Morgan fingerprint density at radius 2 is 2.10 bits per heavy atom. The third kappa shape index (κ3) is 3.77. The fourth-order valence-corrected chi connectivity index (χ4v) is 3.26. The third-order valence-electron chi connectivity index (χ3n) is 3.38. The summed E-state index contributed by atoms with van der Waals surface area (Å²) in [4.78, 5) is 26.2. The monoisotopic (exact) mass is 308 g/mol. The zero-order chi connectivity index (χ0) is 15.2. The van der Waals surface area contributed by atoms with Gasteiger partial charge < -0.3 is 15.4 Å². The largest absolute Gasteiger partial charge is 0.464 e. The second kappa shape index (κ2) is 7.47. The van der Waals surface area contributed by atoms with E-state index in [4.69, 9.17) is 10.5 Å². The van der Waals surface area contributed by atoms with Crippen LogP contribution in [0.2, 0.25) is 0 Å². The van der Waals surface area contributed by atoms with Crippen molar-refractivity contribution in [3.8, 4) is 0 Å². The summed E-state index contributed by atoms with van der Waals surface area (Å²) in [6, 6.07) is 6.70. The summed E-state index contributed by atoms with van der Waals surface area (Å²) in [5.41, 5.74) is 7.11. The van der Waals surface area contributed by atoms with E-state index in [9.17, 15) is 9.59 Å². The maximum absolute atomic E-state index is 12.6. The van der Waals surface area contributed by atoms with E-state index in [-0.39, 0.29) is 11.9 Å². The van der Waals surface area contributed by atoms with E-state index >= 15 is 0 Å². The number of carbonyl (C=O) groups is 2. The number of thioether (sulfide) groups is 1. The van der Waals surface area contributed by atoms with Gasteiger partial charge in [0.15, 0.2) is 0 Å². The molecule has 2 rings (SSSR count). The fraction of sp³-hybridized carbons (Fsp3) is 0.467. The number of nitrogens with two attached hydrogens (primary N) is 1. The third-order valence-corrected chi connectivity index (χ3v) is 4.41. The lowest BCUT2D eigenvalue weighted by molar-refractivity contribution is -0.147. The molecule has 1 atom stereocenters. The van der Waals surface area contributed by atoms with Crippen LogP contribution in [-0.2, 0) is 16.1 Å². The Balaban J connectivity index is 2.15. The van der Waals surface area contributed by atoms with E-state index in [2.05, 4.69) is 0 Å². The Labute approximate surface area is 128 Å². The molecule has 5 nitrogen and oxygen atoms in total. The highest BCUT2D eigenvalue weighted by molar-refractivity contribution is 7.99. The van der Waals surface area contributed by atoms with Crippen molar-refractivity contribution in [1.82, 2.24) is 4.90 Å². The minimum absolute atomic E-state index is 0.128. The molecule has 6 heteroatoms. The average molecular weight is 308 g/mol. The predicted octanol–water partition coefficient (Wildman–Crippen LogP) is 1.27. The summed E-state index contributed by atoms with van der Waals surface area (Å²) < 4.78 is 5.07. The quantitative estimate of drug-likeness (QED) is 0.848. The predicted molar refractivity (Wildman–Crippen MR) is 83.1 cm³/mol. The van der Waals surface area contributed by atoms with Gasteiger partial charge in [0.1, 0.15) is 6.04 Å². The SMILES string of the molecule is CCOC(=O)C1CSCCN1C(=O)c1ccc(CN)cc1. The first-order chi connectivity index (χ1) is 10.2. The van der Waals surface area contributed by atoms with Gasteiger partial charge in [0, 0.05) is 30.2 Å². The Kier molecular flexibility index (Phi) is 5.64. The summed E-state index contributed by atoms with van der Waals surface area (Å²) in [6.45, 7) is 3.10. The van der Waals surface area contributed by atoms with E-state index in [0.717, 1.165) is 11.3 Å². The lowest BCUT2D eigenvalue weighted by Gasteiger charge is -2.33. The van der Waals surface area contributed by atoms with Crippen molar-refractivity contribution in [3.05, 3.63) is 35.4 Å². The summed E-state index contributed by atoms with van der Waals surface area (Å²) in [5.74, 6) is 0.974. The molecule has 1 aromatic carbocycles. The highest BCUT2D eigenvalue weighted by Crippen LogP contribution is 2.20. The van der Waals surface area contributed by atoms with Crippen molar-refractivity contribution in [1.29, 1.82) is 0 Å². The maximum atomic E-state index is 12.6. The number of hydrogen-bond acceptors (Lipinski definition) is 5. The zero-order valence-electron chi connectivity index (χ0n) is 12.1. The summed E-state index contributed by atoms with van der Waals surface area (Å²) in [5, 5.41) is 0. The standard InChI is InChI=1S/C15H20N2O3S/c1-2-20-15(19)13-10-21-8-7-17(13)14(18)12-5-3-11(9-16)4-6-12/h3-6,13H,2,7-10,16H2,1H3. The Bertz CT molecular complexity index is 504. The van der Waals surface area contributed by atoms with E-state index in [0.29, 0.717) is 31.0 Å². The van der Waals surface area contributed by atoms with Gasteiger partial charge in [0.25, 0.3) is 5.91 Å². The number of rotatable bonds is 4. The van der Waals surface area contributed by atoms with Crippen molar-refractivity contribution in [2.24, 2.45) is 5.73 Å². The number of hydrogen-bond donors (Lipinski definition) is 1. The molecule has 1 fully saturated rings. The smallest absolute Gasteiger partial charge is 0.329 e. The Morgan fingerprint density at radius 1 is 1.38 bits per heavy atom. The maximum Gasteiger partial charge on any atom is 0.329 e. The second-order valence-corrected chi connectivity index (χ2v) is 5.89. The van der Waals surface area contributed by atoms with Gasteiger partial charge in [-0.15, -0.1) is 0 Å². The number of carbonyl (C=O) groups excluding carboxylic acids is 2. The second-order valence-electron chi connectivity index (χ2n) is 4.74. The highest BCUT2D eigenvalue weighted by Gasteiger charge is 2.33. The molecule has 1 heterocycles. The number of amides is 1. The molecule has 0 aliphatic carbocycles. The van der Waals surface area contributed by atoms with Gasteiger partial charge in [0.05, 0.1) is 6.61 Å². The lowest BCUT2D eigenvalue weighted by Crippen LogP contribution is -2.51. The van der Waals surface area contributed by atoms with Crippen LogP contribution in [0.1, 0.15) is 22.8 Å². The van der Waals surface area contributed by atoms with Gasteiger partial charge in [-0.2, -0.15) is 11.8 Å². The van der Waals surface area contributed by atoms with Crippen LogP contribution < -0.4 is 5.73 Å². The Hall–Kier alpha value is -1.53. The summed E-state index contributed by atoms with van der Waals surface area (Å²) in [6.07, 6.45) is 0. The van der Waals surface area contributed by atoms with E-state index in [1.54, 1.807) is 35.7 Å². The van der Waals surface area contributed by atoms with Crippen LogP contribution in [0.5, 0.6) is 0 Å². The van der Waals surface area contributed by atoms with Gasteiger partial charge >= 0.3 is 5.97 Å². The molecule has 2 N–H and O–H groups in total. The molecule has 0 radical (unpaired) electrons. The van der Waals surface area contributed by atoms with Crippen LogP contribution >= 0.6 is 11.8 Å². The molecule has 1 aliphatic heterocycles.